The number of allylic oxidation sites excluding steroid dienone is 4. The zero-order valence-electron chi connectivity index (χ0n) is 24.1. The monoisotopic (exact) mass is 567 g/mol. The number of aromatic nitrogens is 1. The Morgan fingerprint density at radius 2 is 1.48 bits per heavy atom. The van der Waals surface area contributed by atoms with E-state index in [1.54, 1.807) is 0 Å². The van der Waals surface area contributed by atoms with Crippen LogP contribution in [0.4, 0.5) is 11.4 Å². The van der Waals surface area contributed by atoms with E-state index in [2.05, 4.69) is 111 Å². The molecule has 0 atom stereocenters. The fourth-order valence-electron chi connectivity index (χ4n) is 6.66. The average Bonchev–Trinajstić information content (AvgIpc) is 3.60. The summed E-state index contributed by atoms with van der Waals surface area (Å²) in [7, 11) is 0. The Bertz CT molecular complexity index is 2210. The number of rotatable bonds is 3. The average molecular weight is 568 g/mol. The minimum absolute atomic E-state index is 0.148. The zero-order valence-corrected chi connectivity index (χ0v) is 24.1. The van der Waals surface area contributed by atoms with Gasteiger partial charge in [-0.1, -0.05) is 97.1 Å². The maximum Gasteiger partial charge on any atom is 0.163 e. The van der Waals surface area contributed by atoms with Crippen molar-refractivity contribution >= 4 is 51.6 Å². The standard InChI is InChI=1S/C39H29N5/c1-41-39(42-38(40)27-15-3-2-4-16-27)31-19-9-12-22-35(31)43-28-17-7-5-13-26-14-6-10-20-33(26)44-34-21-11-8-18-29(34)30-23-24-36(43)32(25-28)37(30)44/h2-12,14-24,40H,1,13,25H2/b7-5-,28-17+,40-38?,42-39?. The Hall–Kier alpha value is -5.81. The molecule has 0 fully saturated rings. The number of hydrogen-bond donors (Lipinski definition) is 1. The van der Waals surface area contributed by atoms with Gasteiger partial charge in [0.15, 0.2) is 11.7 Å². The Labute approximate surface area is 256 Å². The van der Waals surface area contributed by atoms with E-state index < -0.39 is 0 Å². The van der Waals surface area contributed by atoms with E-state index in [0.29, 0.717) is 5.84 Å². The molecule has 0 unspecified atom stereocenters. The first-order valence-corrected chi connectivity index (χ1v) is 14.8. The van der Waals surface area contributed by atoms with Crippen LogP contribution in [0.15, 0.2) is 149 Å². The molecule has 0 amide bonds. The smallest absolute Gasteiger partial charge is 0.163 e. The Balaban J connectivity index is 1.38. The summed E-state index contributed by atoms with van der Waals surface area (Å²) in [6, 6.07) is 39.6. The minimum atomic E-state index is 0.148. The van der Waals surface area contributed by atoms with Crippen molar-refractivity contribution in [3.8, 4) is 5.69 Å². The van der Waals surface area contributed by atoms with E-state index in [-0.39, 0.29) is 5.84 Å². The van der Waals surface area contributed by atoms with E-state index in [4.69, 9.17) is 5.41 Å². The molecule has 5 nitrogen and oxygen atoms in total. The number of nitrogens with zero attached hydrogens (tertiary/aromatic N) is 4. The van der Waals surface area contributed by atoms with E-state index in [0.717, 1.165) is 35.3 Å². The van der Waals surface area contributed by atoms with Gasteiger partial charge in [-0.05, 0) is 55.1 Å². The lowest BCUT2D eigenvalue weighted by Crippen LogP contribution is -2.16. The Kier molecular flexibility index (Phi) is 6.16. The summed E-state index contributed by atoms with van der Waals surface area (Å²) in [5.41, 5.74) is 11.0. The van der Waals surface area contributed by atoms with Crippen LogP contribution in [0.25, 0.3) is 27.5 Å². The third-order valence-corrected chi connectivity index (χ3v) is 8.60. The van der Waals surface area contributed by atoms with Crippen LogP contribution in [0.3, 0.4) is 0 Å². The largest absolute Gasteiger partial charge is 0.313 e. The fourth-order valence-corrected chi connectivity index (χ4v) is 6.66. The van der Waals surface area contributed by atoms with Crippen LogP contribution in [-0.2, 0) is 12.8 Å². The summed E-state index contributed by atoms with van der Waals surface area (Å²) in [5.74, 6) is 0.568. The van der Waals surface area contributed by atoms with Crippen molar-refractivity contribution in [2.45, 2.75) is 12.8 Å². The van der Waals surface area contributed by atoms with Crippen molar-refractivity contribution in [2.24, 2.45) is 9.98 Å². The topological polar surface area (TPSA) is 56.7 Å². The molecule has 3 heterocycles. The van der Waals surface area contributed by atoms with E-state index >= 15 is 0 Å². The molecule has 6 aromatic rings. The second-order valence-corrected chi connectivity index (χ2v) is 11.1. The highest BCUT2D eigenvalue weighted by molar-refractivity contribution is 6.16. The van der Waals surface area contributed by atoms with Gasteiger partial charge in [0.2, 0.25) is 0 Å². The highest BCUT2D eigenvalue weighted by Gasteiger charge is 2.31. The molecule has 1 N–H and O–H groups in total. The summed E-state index contributed by atoms with van der Waals surface area (Å²) < 4.78 is 2.46. The van der Waals surface area contributed by atoms with Gasteiger partial charge < -0.3 is 9.47 Å². The molecule has 210 valence electrons. The lowest BCUT2D eigenvalue weighted by atomic mass is 10.1. The van der Waals surface area contributed by atoms with Gasteiger partial charge in [0, 0.05) is 45.3 Å². The van der Waals surface area contributed by atoms with Gasteiger partial charge in [-0.25, -0.2) is 9.98 Å². The molecule has 8 rings (SSSR count). The Morgan fingerprint density at radius 1 is 0.727 bits per heavy atom. The lowest BCUT2D eigenvalue weighted by Gasteiger charge is -2.24. The molecular formula is C39H29N5. The SMILES string of the molecule is C=NC(=NC(=N)c1ccccc1)c1ccccc1N1/C2=C/C=C\Cc3ccccc3-n3c4ccccc4c4ccc1c(c43)C2. The molecule has 0 radical (unpaired) electrons. The second kappa shape index (κ2) is 10.5. The van der Waals surface area contributed by atoms with Crippen LogP contribution in [0, 0.1) is 5.41 Å². The van der Waals surface area contributed by atoms with Crippen molar-refractivity contribution in [3.63, 3.8) is 0 Å². The maximum absolute atomic E-state index is 8.68. The van der Waals surface area contributed by atoms with Gasteiger partial charge in [-0.3, -0.25) is 5.41 Å². The second-order valence-electron chi connectivity index (χ2n) is 11.1. The summed E-state index contributed by atoms with van der Waals surface area (Å²) in [5, 5.41) is 11.2. The predicted molar refractivity (Wildman–Crippen MR) is 183 cm³/mol. The number of hydrogen-bond acceptors (Lipinski definition) is 2. The number of para-hydroxylation sites is 3. The molecular weight excluding hydrogens is 538 g/mol. The van der Waals surface area contributed by atoms with Crippen LogP contribution < -0.4 is 4.90 Å². The summed E-state index contributed by atoms with van der Waals surface area (Å²) in [6.07, 6.45) is 8.26. The van der Waals surface area contributed by atoms with Crippen molar-refractivity contribution in [1.82, 2.24) is 4.57 Å². The molecule has 0 saturated heterocycles. The van der Waals surface area contributed by atoms with Crippen molar-refractivity contribution < 1.29 is 0 Å². The maximum atomic E-state index is 8.68. The van der Waals surface area contributed by atoms with Gasteiger partial charge >= 0.3 is 0 Å². The highest BCUT2D eigenvalue weighted by atomic mass is 15.2. The number of fused-ring (bicyclic) bond motifs is 6. The normalized spacial score (nSPS) is 16.0. The highest BCUT2D eigenvalue weighted by Crippen LogP contribution is 2.48. The lowest BCUT2D eigenvalue weighted by molar-refractivity contribution is 1.10. The molecule has 0 aliphatic carbocycles. The molecule has 5 heteroatoms. The van der Waals surface area contributed by atoms with Crippen LogP contribution >= 0.6 is 0 Å². The molecule has 0 spiro atoms. The van der Waals surface area contributed by atoms with Crippen molar-refractivity contribution in [3.05, 3.63) is 161 Å². The first-order chi connectivity index (χ1) is 21.7. The molecule has 2 bridgehead atoms. The number of anilines is 2. The van der Waals surface area contributed by atoms with Gasteiger partial charge in [0.05, 0.1) is 22.4 Å². The fraction of sp³-hybridized carbons (Fsp3) is 0.0513. The molecule has 44 heavy (non-hydrogen) atoms. The number of nitrogens with one attached hydrogen (secondary N) is 1. The van der Waals surface area contributed by atoms with Crippen LogP contribution in [0.2, 0.25) is 0 Å². The third-order valence-electron chi connectivity index (χ3n) is 8.60. The molecule has 0 saturated carbocycles. The quantitative estimate of drug-likeness (QED) is 0.168. The molecule has 1 aromatic heterocycles. The summed E-state index contributed by atoms with van der Waals surface area (Å²) in [4.78, 5) is 11.3. The van der Waals surface area contributed by atoms with Crippen LogP contribution in [-0.4, -0.2) is 23.0 Å². The van der Waals surface area contributed by atoms with E-state index in [9.17, 15) is 0 Å². The van der Waals surface area contributed by atoms with Crippen molar-refractivity contribution in [1.29, 1.82) is 5.41 Å². The predicted octanol–water partition coefficient (Wildman–Crippen LogP) is 8.95. The summed E-state index contributed by atoms with van der Waals surface area (Å²) >= 11 is 0. The van der Waals surface area contributed by atoms with E-state index in [1.807, 2.05) is 48.5 Å². The summed E-state index contributed by atoms with van der Waals surface area (Å²) in [6.45, 7) is 3.86. The minimum Gasteiger partial charge on any atom is -0.313 e. The number of benzene rings is 5. The van der Waals surface area contributed by atoms with Crippen molar-refractivity contribution in [2.75, 3.05) is 4.90 Å². The van der Waals surface area contributed by atoms with E-state index in [1.165, 1.54) is 44.3 Å². The first-order valence-electron chi connectivity index (χ1n) is 14.8. The van der Waals surface area contributed by atoms with Gasteiger partial charge in [0.1, 0.15) is 0 Å². The number of aliphatic imine (C=N–C) groups is 2. The van der Waals surface area contributed by atoms with Gasteiger partial charge in [-0.15, -0.1) is 0 Å². The molecule has 2 aliphatic rings. The van der Waals surface area contributed by atoms with Gasteiger partial charge in [-0.2, -0.15) is 0 Å². The first kappa shape index (κ1) is 25.9. The van der Waals surface area contributed by atoms with Gasteiger partial charge in [0.25, 0.3) is 0 Å². The zero-order chi connectivity index (χ0) is 29.6. The molecule has 5 aromatic carbocycles. The van der Waals surface area contributed by atoms with Crippen LogP contribution in [0.5, 0.6) is 0 Å². The number of amidine groups is 2. The molecule has 2 aliphatic heterocycles. The third kappa shape index (κ3) is 4.05. The van der Waals surface area contributed by atoms with Crippen LogP contribution in [0.1, 0.15) is 22.3 Å². The Morgan fingerprint density at radius 3 is 2.34 bits per heavy atom.